The molecule has 2 aromatic carbocycles. The van der Waals surface area contributed by atoms with Crippen molar-refractivity contribution in [1.29, 1.82) is 0 Å². The SMILES string of the molecule is COc1cc(-c2cn(C)c(=O)c3cnccc23)c(OC)cc1CN1CC(NC(=O)CCCCOCCOc2cc(-c3scnc3C)ccc2CNC(=O)C2CC(O)CN2C(=O)C(NC(=O)C2(F)CC2)C(C)(C)C)C1. The van der Waals surface area contributed by atoms with E-state index in [1.54, 1.807) is 70.7 Å². The maximum Gasteiger partial charge on any atom is 0.259 e. The molecular formula is C54H67FN8O10S. The third-order valence-electron chi connectivity index (χ3n) is 13.9. The predicted octanol–water partition coefficient (Wildman–Crippen LogP) is 5.23. The molecule has 4 amide bonds. The van der Waals surface area contributed by atoms with Gasteiger partial charge in [-0.2, -0.15) is 0 Å². The fourth-order valence-electron chi connectivity index (χ4n) is 9.53. The molecule has 5 aromatic rings. The van der Waals surface area contributed by atoms with Crippen molar-refractivity contribution < 1.29 is 47.6 Å². The van der Waals surface area contributed by atoms with Gasteiger partial charge in [0.2, 0.25) is 17.7 Å². The molecule has 5 heterocycles. The van der Waals surface area contributed by atoms with Crippen molar-refractivity contribution in [3.05, 3.63) is 87.7 Å². The van der Waals surface area contributed by atoms with Gasteiger partial charge in [0, 0.05) is 100 Å². The van der Waals surface area contributed by atoms with E-state index in [0.717, 1.165) is 38.2 Å². The number of halogens is 1. The molecule has 3 atom stereocenters. The van der Waals surface area contributed by atoms with Gasteiger partial charge in [0.1, 0.15) is 35.9 Å². The molecule has 74 heavy (non-hydrogen) atoms. The van der Waals surface area contributed by atoms with E-state index in [0.29, 0.717) is 73.7 Å². The summed E-state index contributed by atoms with van der Waals surface area (Å²) in [4.78, 5) is 79.2. The minimum atomic E-state index is -1.98. The van der Waals surface area contributed by atoms with Gasteiger partial charge in [-0.15, -0.1) is 11.3 Å². The number of fused-ring (bicyclic) bond motifs is 1. The van der Waals surface area contributed by atoms with Crippen molar-refractivity contribution in [3.63, 3.8) is 0 Å². The number of hydrogen-bond donors (Lipinski definition) is 4. The Bertz CT molecular complexity index is 2930. The van der Waals surface area contributed by atoms with Gasteiger partial charge in [-0.25, -0.2) is 9.37 Å². The number of aryl methyl sites for hydroxylation is 2. The number of pyridine rings is 2. The van der Waals surface area contributed by atoms with Gasteiger partial charge in [-0.1, -0.05) is 32.9 Å². The van der Waals surface area contributed by atoms with Crippen LogP contribution in [0.2, 0.25) is 0 Å². The number of ether oxygens (including phenoxy) is 4. The lowest BCUT2D eigenvalue weighted by molar-refractivity contribution is -0.145. The second-order valence-corrected chi connectivity index (χ2v) is 21.4. The molecular weight excluding hydrogens is 972 g/mol. The summed E-state index contributed by atoms with van der Waals surface area (Å²) in [6.07, 6.45) is 5.99. The van der Waals surface area contributed by atoms with Crippen LogP contribution in [-0.2, 0) is 44.1 Å². The summed E-state index contributed by atoms with van der Waals surface area (Å²) in [6.45, 7) is 10.1. The van der Waals surface area contributed by atoms with Crippen LogP contribution in [0.25, 0.3) is 32.3 Å². The predicted molar refractivity (Wildman–Crippen MR) is 278 cm³/mol. The standard InChI is InChI=1S/C54H67FN8O10S/c1-32-47(74-31-58-32)33-11-12-34(24-57-49(66)42-22-37(64)29-63(42)51(68)48(53(2,3)4)60-52(69)54(55)14-15-54)44(20-33)73-19-18-72-17-9-8-10-46(65)59-36-27-62(28-36)26-35-21-45(71-7)39(23-43(35)70-6)41-30-61(5)50(67)40-25-56-16-13-38(40)41/h11-13,16,20-21,23,25,30-31,36-37,42,48,64H,8-10,14-15,17-19,22,24,26-29H2,1-7H3,(H,57,66)(H,59,65)(H,60,69). The van der Waals surface area contributed by atoms with Gasteiger partial charge < -0.3 is 49.5 Å². The number of rotatable bonds is 22. The van der Waals surface area contributed by atoms with Crippen LogP contribution in [0.15, 0.2) is 65.3 Å². The quantitative estimate of drug-likeness (QED) is 0.0655. The molecule has 3 unspecified atom stereocenters. The van der Waals surface area contributed by atoms with Crippen LogP contribution in [0.4, 0.5) is 4.39 Å². The maximum atomic E-state index is 14.7. The second-order valence-electron chi connectivity index (χ2n) is 20.6. The molecule has 4 N–H and O–H groups in total. The molecule has 18 nitrogen and oxygen atoms in total. The zero-order valence-electron chi connectivity index (χ0n) is 43.1. The molecule has 0 spiro atoms. The Balaban J connectivity index is 0.778. The van der Waals surface area contributed by atoms with Crippen molar-refractivity contribution in [2.45, 2.75) is 109 Å². The summed E-state index contributed by atoms with van der Waals surface area (Å²) in [5.41, 5.74) is 3.87. The number of amides is 4. The molecule has 0 radical (unpaired) electrons. The number of benzene rings is 2. The van der Waals surface area contributed by atoms with E-state index in [1.807, 2.05) is 43.3 Å². The number of nitrogens with one attached hydrogen (secondary N) is 3. The van der Waals surface area contributed by atoms with Crippen molar-refractivity contribution in [3.8, 4) is 38.8 Å². The maximum absolute atomic E-state index is 14.7. The van der Waals surface area contributed by atoms with Gasteiger partial charge in [0.15, 0.2) is 5.67 Å². The van der Waals surface area contributed by atoms with Crippen molar-refractivity contribution in [2.75, 3.05) is 53.7 Å². The Hall–Kier alpha value is -6.48. The van der Waals surface area contributed by atoms with E-state index in [-0.39, 0.29) is 63.1 Å². The third kappa shape index (κ3) is 12.4. The number of methoxy groups -OCH3 is 2. The third-order valence-corrected chi connectivity index (χ3v) is 14.9. The number of nitrogens with zero attached hydrogens (tertiary/aromatic N) is 5. The Kier molecular flexibility index (Phi) is 16.7. The fourth-order valence-corrected chi connectivity index (χ4v) is 10.3. The molecule has 2 saturated heterocycles. The number of aliphatic hydroxyl groups is 1. The Labute approximate surface area is 433 Å². The number of carbonyl (C=O) groups excluding carboxylic acids is 4. The van der Waals surface area contributed by atoms with Crippen LogP contribution in [0.5, 0.6) is 17.2 Å². The normalized spacial score (nSPS) is 17.9. The smallest absolute Gasteiger partial charge is 0.259 e. The first-order valence-corrected chi connectivity index (χ1v) is 26.0. The van der Waals surface area contributed by atoms with Crippen LogP contribution in [0.3, 0.4) is 0 Å². The van der Waals surface area contributed by atoms with Gasteiger partial charge in [-0.05, 0) is 73.2 Å². The molecule has 8 rings (SSSR count). The van der Waals surface area contributed by atoms with E-state index in [1.165, 1.54) is 16.2 Å². The summed E-state index contributed by atoms with van der Waals surface area (Å²) in [7, 11) is 4.96. The lowest BCUT2D eigenvalue weighted by Crippen LogP contribution is -2.59. The molecule has 1 saturated carbocycles. The largest absolute Gasteiger partial charge is 0.496 e. The highest BCUT2D eigenvalue weighted by Gasteiger charge is 2.53. The van der Waals surface area contributed by atoms with E-state index < -0.39 is 47.0 Å². The zero-order valence-corrected chi connectivity index (χ0v) is 43.9. The number of hydrogen-bond acceptors (Lipinski definition) is 14. The van der Waals surface area contributed by atoms with E-state index in [2.05, 4.69) is 30.8 Å². The molecule has 3 aliphatic rings. The van der Waals surface area contributed by atoms with Gasteiger partial charge in [0.05, 0.1) is 54.4 Å². The average molecular weight is 1040 g/mol. The highest BCUT2D eigenvalue weighted by molar-refractivity contribution is 7.13. The lowest BCUT2D eigenvalue weighted by atomic mass is 9.85. The van der Waals surface area contributed by atoms with E-state index >= 15 is 0 Å². The Morgan fingerprint density at radius 3 is 2.42 bits per heavy atom. The number of thiazole rings is 1. The number of aliphatic hydroxyl groups excluding tert-OH is 1. The number of unbranched alkanes of at least 4 members (excludes halogenated alkanes) is 1. The number of likely N-dealkylation sites (tertiary alicyclic amines) is 2. The summed E-state index contributed by atoms with van der Waals surface area (Å²) in [5.74, 6) is -0.0175. The Morgan fingerprint density at radius 1 is 0.946 bits per heavy atom. The topological polar surface area (TPSA) is 216 Å². The van der Waals surface area contributed by atoms with Crippen LogP contribution in [-0.4, -0.2) is 137 Å². The first kappa shape index (κ1) is 53.8. The minimum Gasteiger partial charge on any atom is -0.496 e. The fraction of sp³-hybridized carbons (Fsp3) is 0.500. The summed E-state index contributed by atoms with van der Waals surface area (Å²) in [6, 6.07) is 9.34. The first-order valence-electron chi connectivity index (χ1n) is 25.1. The van der Waals surface area contributed by atoms with Gasteiger partial charge in [-0.3, -0.25) is 33.9 Å². The van der Waals surface area contributed by atoms with Crippen LogP contribution < -0.4 is 35.7 Å². The summed E-state index contributed by atoms with van der Waals surface area (Å²) in [5, 5.41) is 20.6. The first-order chi connectivity index (χ1) is 35.4. The zero-order chi connectivity index (χ0) is 52.9. The number of alkyl halides is 1. The second kappa shape index (κ2) is 23.0. The molecule has 3 aromatic heterocycles. The van der Waals surface area contributed by atoms with E-state index in [9.17, 15) is 33.5 Å². The highest BCUT2D eigenvalue weighted by Crippen LogP contribution is 2.41. The van der Waals surface area contributed by atoms with Crippen LogP contribution >= 0.6 is 11.3 Å². The summed E-state index contributed by atoms with van der Waals surface area (Å²) >= 11 is 1.50. The monoisotopic (exact) mass is 1040 g/mol. The van der Waals surface area contributed by atoms with E-state index in [4.69, 9.17) is 18.9 Å². The molecule has 3 fully saturated rings. The number of β-amino-alcohol motifs (C(OH)–C–C–N with tert-alkyl or cyclic N) is 1. The van der Waals surface area contributed by atoms with Crippen molar-refractivity contribution in [1.82, 2.24) is 40.3 Å². The average Bonchev–Trinajstić information content (AvgIpc) is 3.77. The molecule has 1 aliphatic carbocycles. The minimum absolute atomic E-state index is 0.00775. The molecule has 396 valence electrons. The Morgan fingerprint density at radius 2 is 1.72 bits per heavy atom. The molecule has 2 aliphatic heterocycles. The van der Waals surface area contributed by atoms with Gasteiger partial charge >= 0.3 is 0 Å². The van der Waals surface area contributed by atoms with Crippen LogP contribution in [0.1, 0.15) is 76.1 Å². The molecule has 0 bridgehead atoms. The van der Waals surface area contributed by atoms with Crippen LogP contribution in [0, 0.1) is 12.3 Å². The lowest BCUT2D eigenvalue weighted by Gasteiger charge is -2.39. The highest BCUT2D eigenvalue weighted by atomic mass is 32.1. The summed E-state index contributed by atoms with van der Waals surface area (Å²) < 4.78 is 40.0. The van der Waals surface area contributed by atoms with Crippen molar-refractivity contribution >= 4 is 45.7 Å². The van der Waals surface area contributed by atoms with Gasteiger partial charge in [0.25, 0.3) is 11.5 Å². The number of aromatic nitrogens is 3. The number of carbonyl (C=O) groups is 4. The molecule has 20 heteroatoms. The van der Waals surface area contributed by atoms with Crippen molar-refractivity contribution in [2.24, 2.45) is 12.5 Å².